The summed E-state index contributed by atoms with van der Waals surface area (Å²) in [6.07, 6.45) is 23.0. The molecule has 0 unspecified atom stereocenters. The number of unbranched alkanes of at least 4 members (excludes halogenated alkanes) is 8. The van der Waals surface area contributed by atoms with Crippen molar-refractivity contribution in [1.29, 1.82) is 0 Å². The molecule has 0 spiro atoms. The quantitative estimate of drug-likeness (QED) is 0.165. The summed E-state index contributed by atoms with van der Waals surface area (Å²) in [6.45, 7) is 2.27. The second-order valence-electron chi connectivity index (χ2n) is 13.5. The molecule has 6 rings (SSSR count). The minimum Gasteiger partial charge on any atom is -0.478 e. The molecule has 4 fully saturated rings. The van der Waals surface area contributed by atoms with Crippen LogP contribution in [0.2, 0.25) is 0 Å². The first-order valence-corrected chi connectivity index (χ1v) is 16.5. The molecule has 0 aliphatic heterocycles. The molecule has 2 aromatic carbocycles. The number of amides is 1. The van der Waals surface area contributed by atoms with Gasteiger partial charge in [-0.1, -0.05) is 88.6 Å². The zero-order valence-corrected chi connectivity index (χ0v) is 25.4. The van der Waals surface area contributed by atoms with Gasteiger partial charge in [0.25, 0.3) is 0 Å². The van der Waals surface area contributed by atoms with Gasteiger partial charge in [-0.2, -0.15) is 0 Å². The molecule has 4 aliphatic carbocycles. The number of primary amides is 1. The lowest BCUT2D eigenvalue weighted by atomic mass is 9.47. The van der Waals surface area contributed by atoms with Crippen LogP contribution in [0.5, 0.6) is 5.75 Å². The maximum atomic E-state index is 11.8. The number of ether oxygens (including phenoxy) is 1. The molecule has 4 bridgehead atoms. The molecule has 42 heavy (non-hydrogen) atoms. The van der Waals surface area contributed by atoms with E-state index < -0.39 is 12.1 Å². The fraction of sp³-hybridized carbons (Fsp3) is 0.568. The van der Waals surface area contributed by atoms with E-state index in [4.69, 9.17) is 15.6 Å². The number of benzene rings is 2. The Hall–Kier alpha value is -3.08. The molecule has 4 aliphatic rings. The normalized spacial score (nSPS) is 24.4. The van der Waals surface area contributed by atoms with E-state index in [1.807, 2.05) is 12.1 Å². The molecule has 1 amide bonds. The minimum atomic E-state index is -1.03. The van der Waals surface area contributed by atoms with E-state index in [0.29, 0.717) is 11.3 Å². The van der Waals surface area contributed by atoms with E-state index in [1.165, 1.54) is 114 Å². The number of aliphatic carboxylic acids is 1. The summed E-state index contributed by atoms with van der Waals surface area (Å²) >= 11 is 0. The fourth-order valence-electron chi connectivity index (χ4n) is 8.76. The molecule has 0 radical (unpaired) electrons. The highest BCUT2D eigenvalue weighted by Crippen LogP contribution is 2.61. The van der Waals surface area contributed by atoms with Crippen LogP contribution in [-0.4, -0.2) is 17.2 Å². The van der Waals surface area contributed by atoms with Crippen LogP contribution in [0, 0.1) is 17.8 Å². The van der Waals surface area contributed by atoms with Crippen molar-refractivity contribution in [2.24, 2.45) is 23.5 Å². The molecule has 3 N–H and O–H groups in total. The van der Waals surface area contributed by atoms with Gasteiger partial charge in [0.05, 0.1) is 0 Å². The SMILES string of the molecule is CCCCCCCCCCCc1ccc(-c2ccc(/C=C/C(=O)O)cc2OC(N)=O)cc1C12CC3CC(CC(C3)C1)C2. The number of aryl methyl sites for hydroxylation is 1. The van der Waals surface area contributed by atoms with Crippen molar-refractivity contribution in [1.82, 2.24) is 0 Å². The second-order valence-corrected chi connectivity index (χ2v) is 13.5. The highest BCUT2D eigenvalue weighted by atomic mass is 16.5. The topological polar surface area (TPSA) is 89.6 Å². The Kier molecular flexibility index (Phi) is 10.1. The summed E-state index contributed by atoms with van der Waals surface area (Å²) in [6, 6.07) is 12.4. The van der Waals surface area contributed by atoms with Crippen molar-refractivity contribution in [3.05, 3.63) is 59.2 Å². The maximum absolute atomic E-state index is 11.8. The fourth-order valence-corrected chi connectivity index (χ4v) is 8.76. The van der Waals surface area contributed by atoms with Gasteiger partial charge in [0.15, 0.2) is 0 Å². The van der Waals surface area contributed by atoms with E-state index >= 15 is 0 Å². The first kappa shape index (κ1) is 30.4. The van der Waals surface area contributed by atoms with Crippen molar-refractivity contribution in [3.8, 4) is 16.9 Å². The summed E-state index contributed by atoms with van der Waals surface area (Å²) in [4.78, 5) is 22.9. The average molecular weight is 572 g/mol. The lowest BCUT2D eigenvalue weighted by Gasteiger charge is -2.57. The van der Waals surface area contributed by atoms with Crippen LogP contribution in [0.3, 0.4) is 0 Å². The molecule has 0 saturated heterocycles. The number of hydrogen-bond donors (Lipinski definition) is 2. The summed E-state index contributed by atoms with van der Waals surface area (Å²) < 4.78 is 5.46. The van der Waals surface area contributed by atoms with Crippen molar-refractivity contribution in [2.75, 3.05) is 0 Å². The third-order valence-corrected chi connectivity index (χ3v) is 10.2. The lowest BCUT2D eigenvalue weighted by Crippen LogP contribution is -2.49. The number of hydrogen-bond acceptors (Lipinski definition) is 3. The molecule has 2 aromatic rings. The molecular formula is C37H49NO4. The van der Waals surface area contributed by atoms with Crippen LogP contribution in [0.15, 0.2) is 42.5 Å². The molecule has 0 heterocycles. The van der Waals surface area contributed by atoms with Gasteiger partial charge in [-0.3, -0.25) is 0 Å². The predicted molar refractivity (Wildman–Crippen MR) is 170 cm³/mol. The summed E-state index contributed by atoms with van der Waals surface area (Å²) in [5.74, 6) is 1.90. The van der Waals surface area contributed by atoms with Crippen molar-refractivity contribution >= 4 is 18.1 Å². The van der Waals surface area contributed by atoms with E-state index in [9.17, 15) is 9.59 Å². The monoisotopic (exact) mass is 571 g/mol. The Morgan fingerprint density at radius 2 is 1.50 bits per heavy atom. The summed E-state index contributed by atoms with van der Waals surface area (Å²) in [5.41, 5.74) is 11.2. The summed E-state index contributed by atoms with van der Waals surface area (Å²) in [7, 11) is 0. The third kappa shape index (κ3) is 7.46. The van der Waals surface area contributed by atoms with E-state index in [-0.39, 0.29) is 5.41 Å². The number of carbonyl (C=O) groups excluding carboxylic acids is 1. The standard InChI is InChI=1S/C37H49NO4/c1-2-3-4-5-6-7-8-9-10-11-30-14-15-31(22-33(30)37-23-27-18-28(24-37)20-29(19-27)25-37)32-16-12-26(13-17-35(39)40)21-34(32)42-36(38)41/h12-17,21-22,27-29H,2-11,18-20,23-25H2,1H3,(H2,38,41)(H,39,40)/b17-13+. The molecule has 5 nitrogen and oxygen atoms in total. The van der Waals surface area contributed by atoms with Crippen LogP contribution >= 0.6 is 0 Å². The zero-order chi connectivity index (χ0) is 29.5. The van der Waals surface area contributed by atoms with Gasteiger partial charge in [-0.25, -0.2) is 9.59 Å². The van der Waals surface area contributed by atoms with Crippen LogP contribution in [0.25, 0.3) is 17.2 Å². The Morgan fingerprint density at radius 1 is 0.881 bits per heavy atom. The lowest BCUT2D eigenvalue weighted by molar-refractivity contribution is -0.131. The van der Waals surface area contributed by atoms with Gasteiger partial charge in [-0.05, 0) is 109 Å². The molecule has 5 heteroatoms. The number of nitrogens with two attached hydrogens (primary N) is 1. The summed E-state index contributed by atoms with van der Waals surface area (Å²) in [5, 5.41) is 9.05. The Balaban J connectivity index is 1.40. The Labute approximate surface area is 251 Å². The third-order valence-electron chi connectivity index (χ3n) is 10.2. The van der Waals surface area contributed by atoms with Gasteiger partial charge < -0.3 is 15.6 Å². The Morgan fingerprint density at radius 3 is 2.10 bits per heavy atom. The molecule has 4 saturated carbocycles. The van der Waals surface area contributed by atoms with Gasteiger partial charge in [0.2, 0.25) is 0 Å². The largest absolute Gasteiger partial charge is 0.478 e. The van der Waals surface area contributed by atoms with Crippen molar-refractivity contribution in [2.45, 2.75) is 115 Å². The average Bonchev–Trinajstić information content (AvgIpc) is 2.94. The molecular weight excluding hydrogens is 522 g/mol. The molecule has 226 valence electrons. The first-order chi connectivity index (χ1) is 20.3. The number of rotatable bonds is 15. The number of carboxylic acids is 1. The first-order valence-electron chi connectivity index (χ1n) is 16.5. The minimum absolute atomic E-state index is 0.258. The van der Waals surface area contributed by atoms with Crippen LogP contribution in [0.1, 0.15) is 120 Å². The predicted octanol–water partition coefficient (Wildman–Crippen LogP) is 9.45. The zero-order valence-electron chi connectivity index (χ0n) is 25.4. The molecule has 0 aromatic heterocycles. The van der Waals surface area contributed by atoms with Crippen LogP contribution in [-0.2, 0) is 16.6 Å². The van der Waals surface area contributed by atoms with E-state index in [0.717, 1.165) is 41.4 Å². The number of carboxylic acid groups (broad SMARTS) is 1. The van der Waals surface area contributed by atoms with E-state index in [1.54, 1.807) is 6.07 Å². The van der Waals surface area contributed by atoms with Crippen LogP contribution in [0.4, 0.5) is 4.79 Å². The highest BCUT2D eigenvalue weighted by Gasteiger charge is 2.52. The second kappa shape index (κ2) is 13.9. The van der Waals surface area contributed by atoms with Gasteiger partial charge in [0, 0.05) is 11.6 Å². The van der Waals surface area contributed by atoms with Gasteiger partial charge in [-0.15, -0.1) is 0 Å². The van der Waals surface area contributed by atoms with E-state index in [2.05, 4.69) is 25.1 Å². The number of carbonyl (C=O) groups is 2. The van der Waals surface area contributed by atoms with Gasteiger partial charge in [0.1, 0.15) is 5.75 Å². The van der Waals surface area contributed by atoms with Crippen LogP contribution < -0.4 is 10.5 Å². The smallest absolute Gasteiger partial charge is 0.409 e. The van der Waals surface area contributed by atoms with Crippen molar-refractivity contribution in [3.63, 3.8) is 0 Å². The molecule has 0 atom stereocenters. The maximum Gasteiger partial charge on any atom is 0.409 e. The van der Waals surface area contributed by atoms with Crippen molar-refractivity contribution < 1.29 is 19.4 Å². The highest BCUT2D eigenvalue weighted by molar-refractivity contribution is 5.86. The van der Waals surface area contributed by atoms with Gasteiger partial charge >= 0.3 is 12.1 Å². The Bertz CT molecular complexity index is 1240.